The highest BCUT2D eigenvalue weighted by molar-refractivity contribution is 7.86. The maximum absolute atomic E-state index is 11.7. The van der Waals surface area contributed by atoms with Crippen LogP contribution < -0.4 is 5.32 Å². The third-order valence-corrected chi connectivity index (χ3v) is 4.70. The van der Waals surface area contributed by atoms with Crippen molar-refractivity contribution in [3.63, 3.8) is 0 Å². The summed E-state index contributed by atoms with van der Waals surface area (Å²) in [5, 5.41) is 24.3. The number of aryl methyl sites for hydroxylation is 1. The Balaban J connectivity index is 2.26. The van der Waals surface area contributed by atoms with E-state index in [0.717, 1.165) is 6.07 Å². The van der Waals surface area contributed by atoms with Crippen LogP contribution in [0.1, 0.15) is 5.56 Å². The fourth-order valence-corrected chi connectivity index (χ4v) is 3.48. The van der Waals surface area contributed by atoms with Crippen LogP contribution in [0.4, 0.5) is 17.1 Å². The van der Waals surface area contributed by atoms with Crippen molar-refractivity contribution >= 4 is 38.0 Å². The molecule has 0 radical (unpaired) electrons. The van der Waals surface area contributed by atoms with Gasteiger partial charge in [-0.2, -0.15) is 8.42 Å². The van der Waals surface area contributed by atoms with Gasteiger partial charge in [-0.15, -0.1) is 0 Å². The standard InChI is InChI=1S/C17H14N2O6S/c1-10-5-6-13(15(7-10)19(21)22)18-14-4-2-3-11-8-12(20)9-16(17(11)14)26(23,24)25/h2-9,18,20H,1H3,(H,23,24,25). The number of nitrogens with one attached hydrogen (secondary N) is 1. The number of phenols is 1. The van der Waals surface area contributed by atoms with Crippen LogP contribution in [0.2, 0.25) is 0 Å². The second-order valence-electron chi connectivity index (χ2n) is 5.73. The van der Waals surface area contributed by atoms with Gasteiger partial charge in [0.2, 0.25) is 0 Å². The lowest BCUT2D eigenvalue weighted by molar-refractivity contribution is -0.384. The van der Waals surface area contributed by atoms with Gasteiger partial charge in [0.1, 0.15) is 16.3 Å². The number of nitro benzene ring substituents is 1. The molecule has 0 heterocycles. The van der Waals surface area contributed by atoms with Crippen LogP contribution >= 0.6 is 0 Å². The highest BCUT2D eigenvalue weighted by Crippen LogP contribution is 2.36. The van der Waals surface area contributed by atoms with E-state index in [-0.39, 0.29) is 28.2 Å². The SMILES string of the molecule is Cc1ccc(Nc2cccc3cc(O)cc(S(=O)(=O)O)c23)c([N+](=O)[O-])c1. The van der Waals surface area contributed by atoms with Crippen LogP contribution in [0.25, 0.3) is 10.8 Å². The monoisotopic (exact) mass is 374 g/mol. The molecule has 3 aromatic carbocycles. The number of anilines is 2. The van der Waals surface area contributed by atoms with Gasteiger partial charge < -0.3 is 10.4 Å². The first kappa shape index (κ1) is 17.6. The molecule has 0 aliphatic heterocycles. The Morgan fingerprint density at radius 2 is 1.81 bits per heavy atom. The van der Waals surface area contributed by atoms with Gasteiger partial charge in [-0.25, -0.2) is 0 Å². The Morgan fingerprint density at radius 3 is 2.46 bits per heavy atom. The van der Waals surface area contributed by atoms with E-state index in [1.54, 1.807) is 25.1 Å². The predicted octanol–water partition coefficient (Wildman–Crippen LogP) is 3.75. The molecule has 26 heavy (non-hydrogen) atoms. The van der Waals surface area contributed by atoms with E-state index in [4.69, 9.17) is 0 Å². The third-order valence-electron chi connectivity index (χ3n) is 3.82. The highest BCUT2D eigenvalue weighted by atomic mass is 32.2. The zero-order valence-corrected chi connectivity index (χ0v) is 14.3. The molecule has 3 N–H and O–H groups in total. The maximum atomic E-state index is 11.7. The third kappa shape index (κ3) is 3.30. The average molecular weight is 374 g/mol. The van der Waals surface area contributed by atoms with Crippen molar-refractivity contribution in [2.45, 2.75) is 11.8 Å². The van der Waals surface area contributed by atoms with E-state index in [1.165, 1.54) is 24.3 Å². The molecule has 0 spiro atoms. The molecule has 0 aliphatic rings. The first-order valence-electron chi connectivity index (χ1n) is 7.42. The lowest BCUT2D eigenvalue weighted by Gasteiger charge is -2.13. The van der Waals surface area contributed by atoms with Crippen molar-refractivity contribution in [1.29, 1.82) is 0 Å². The summed E-state index contributed by atoms with van der Waals surface area (Å²) < 4.78 is 33.0. The summed E-state index contributed by atoms with van der Waals surface area (Å²) in [5.74, 6) is -0.330. The van der Waals surface area contributed by atoms with E-state index in [2.05, 4.69) is 5.32 Å². The Hall–Kier alpha value is -3.17. The summed E-state index contributed by atoms with van der Waals surface area (Å²) in [4.78, 5) is 10.3. The molecule has 0 bridgehead atoms. The van der Waals surface area contributed by atoms with E-state index < -0.39 is 19.9 Å². The summed E-state index contributed by atoms with van der Waals surface area (Å²) in [5.41, 5.74) is 0.933. The topological polar surface area (TPSA) is 130 Å². The summed E-state index contributed by atoms with van der Waals surface area (Å²) in [6, 6.07) is 11.5. The number of hydrogen-bond donors (Lipinski definition) is 3. The molecule has 0 fully saturated rings. The van der Waals surface area contributed by atoms with Gasteiger partial charge in [-0.05, 0) is 36.1 Å². The largest absolute Gasteiger partial charge is 0.508 e. The Labute approximate surface area is 148 Å². The number of fused-ring (bicyclic) bond motifs is 1. The van der Waals surface area contributed by atoms with E-state index in [1.807, 2.05) is 0 Å². The van der Waals surface area contributed by atoms with E-state index in [9.17, 15) is 28.2 Å². The smallest absolute Gasteiger partial charge is 0.295 e. The molecule has 0 unspecified atom stereocenters. The number of aromatic hydroxyl groups is 1. The normalized spacial score (nSPS) is 11.5. The van der Waals surface area contributed by atoms with Crippen molar-refractivity contribution in [3.05, 3.63) is 64.2 Å². The quantitative estimate of drug-likeness (QED) is 0.360. The molecule has 0 saturated heterocycles. The van der Waals surface area contributed by atoms with Crippen LogP contribution in [-0.4, -0.2) is 23.0 Å². The summed E-state index contributed by atoms with van der Waals surface area (Å²) in [6.07, 6.45) is 0. The molecular formula is C17H14N2O6S. The molecule has 8 nitrogen and oxygen atoms in total. The van der Waals surface area contributed by atoms with Gasteiger partial charge >= 0.3 is 0 Å². The molecule has 134 valence electrons. The molecule has 3 aromatic rings. The second-order valence-corrected chi connectivity index (χ2v) is 7.12. The van der Waals surface area contributed by atoms with Crippen molar-refractivity contribution in [1.82, 2.24) is 0 Å². The number of benzene rings is 3. The first-order valence-corrected chi connectivity index (χ1v) is 8.86. The maximum Gasteiger partial charge on any atom is 0.295 e. The summed E-state index contributed by atoms with van der Waals surface area (Å²) in [6.45, 7) is 1.72. The summed E-state index contributed by atoms with van der Waals surface area (Å²) in [7, 11) is -4.63. The number of phenolic OH excluding ortho intramolecular Hbond substituents is 1. The Bertz CT molecular complexity index is 1140. The van der Waals surface area contributed by atoms with Crippen molar-refractivity contribution < 1.29 is 23.0 Å². The Morgan fingerprint density at radius 1 is 1.08 bits per heavy atom. The van der Waals surface area contributed by atoms with Crippen molar-refractivity contribution in [3.8, 4) is 5.75 Å². The molecule has 3 rings (SSSR count). The molecule has 0 aliphatic carbocycles. The summed E-state index contributed by atoms with van der Waals surface area (Å²) >= 11 is 0. The highest BCUT2D eigenvalue weighted by Gasteiger charge is 2.20. The molecule has 0 aromatic heterocycles. The molecule has 0 saturated carbocycles. The van der Waals surface area contributed by atoms with Crippen molar-refractivity contribution in [2.75, 3.05) is 5.32 Å². The number of nitro groups is 1. The van der Waals surface area contributed by atoms with Crippen LogP contribution in [0, 0.1) is 17.0 Å². The lowest BCUT2D eigenvalue weighted by atomic mass is 10.1. The van der Waals surface area contributed by atoms with E-state index >= 15 is 0 Å². The molecule has 0 amide bonds. The second kappa shape index (κ2) is 6.28. The van der Waals surface area contributed by atoms with Crippen LogP contribution in [-0.2, 0) is 10.1 Å². The average Bonchev–Trinajstić information content (AvgIpc) is 2.54. The fourth-order valence-electron chi connectivity index (χ4n) is 2.72. The van der Waals surface area contributed by atoms with E-state index in [0.29, 0.717) is 10.9 Å². The minimum Gasteiger partial charge on any atom is -0.508 e. The first-order chi connectivity index (χ1) is 12.2. The molecular weight excluding hydrogens is 360 g/mol. The van der Waals surface area contributed by atoms with Crippen LogP contribution in [0.3, 0.4) is 0 Å². The zero-order chi connectivity index (χ0) is 19.1. The predicted molar refractivity (Wildman–Crippen MR) is 96.5 cm³/mol. The molecule has 0 atom stereocenters. The Kier molecular flexibility index (Phi) is 4.26. The van der Waals surface area contributed by atoms with Crippen molar-refractivity contribution in [2.24, 2.45) is 0 Å². The van der Waals surface area contributed by atoms with Gasteiger partial charge in [0.25, 0.3) is 15.8 Å². The van der Waals surface area contributed by atoms with Crippen LogP contribution in [0.5, 0.6) is 5.75 Å². The van der Waals surface area contributed by atoms with Gasteiger partial charge in [0.15, 0.2) is 0 Å². The zero-order valence-electron chi connectivity index (χ0n) is 13.5. The number of rotatable bonds is 4. The van der Waals surface area contributed by atoms with Gasteiger partial charge in [0, 0.05) is 23.2 Å². The minimum atomic E-state index is -4.63. The van der Waals surface area contributed by atoms with Gasteiger partial charge in [-0.3, -0.25) is 14.7 Å². The molecule has 9 heteroatoms. The van der Waals surface area contributed by atoms with Gasteiger partial charge in [0.05, 0.1) is 4.92 Å². The lowest BCUT2D eigenvalue weighted by Crippen LogP contribution is -2.02. The van der Waals surface area contributed by atoms with Crippen LogP contribution in [0.15, 0.2) is 53.4 Å². The number of hydrogen-bond acceptors (Lipinski definition) is 6. The number of nitrogens with zero attached hydrogens (tertiary/aromatic N) is 1. The minimum absolute atomic E-state index is 0.114. The van der Waals surface area contributed by atoms with Gasteiger partial charge in [-0.1, -0.05) is 18.2 Å². The fraction of sp³-hybridized carbons (Fsp3) is 0.0588.